The monoisotopic (exact) mass is 410 g/mol. The molecule has 152 valence electrons. The molecule has 0 saturated carbocycles. The van der Waals surface area contributed by atoms with Crippen molar-refractivity contribution in [3.05, 3.63) is 65.2 Å². The molecule has 0 bridgehead atoms. The van der Waals surface area contributed by atoms with Gasteiger partial charge in [-0.05, 0) is 30.7 Å². The summed E-state index contributed by atoms with van der Waals surface area (Å²) in [6.45, 7) is 6.42. The second-order valence-corrected chi connectivity index (χ2v) is 7.71. The van der Waals surface area contributed by atoms with Crippen molar-refractivity contribution in [3.63, 3.8) is 0 Å². The lowest BCUT2D eigenvalue weighted by molar-refractivity contribution is -0.120. The van der Waals surface area contributed by atoms with Gasteiger partial charge in [0.1, 0.15) is 0 Å². The first kappa shape index (κ1) is 21.3. The average Bonchev–Trinajstić information content (AvgIpc) is 2.75. The standard InChI is InChI=1S/C23H27ClN4O/c1-19(21-10-5-6-11-22(21)24)27-16-14-26(15-17-27)18-23(29)28(13-7-12-25)20-8-3-2-4-9-20/h2-6,8-11,19H,7,13-18H2,1H3. The summed E-state index contributed by atoms with van der Waals surface area (Å²) in [7, 11) is 0. The predicted octanol–water partition coefficient (Wildman–Crippen LogP) is 3.97. The summed E-state index contributed by atoms with van der Waals surface area (Å²) < 4.78 is 0. The van der Waals surface area contributed by atoms with Crippen LogP contribution in [-0.4, -0.2) is 55.0 Å². The van der Waals surface area contributed by atoms with E-state index in [0.717, 1.165) is 42.5 Å². The molecule has 29 heavy (non-hydrogen) atoms. The Morgan fingerprint density at radius 3 is 2.41 bits per heavy atom. The molecule has 1 unspecified atom stereocenters. The number of hydrogen-bond acceptors (Lipinski definition) is 4. The summed E-state index contributed by atoms with van der Waals surface area (Å²) in [5.74, 6) is 0.0408. The first-order valence-electron chi connectivity index (χ1n) is 10.0. The number of rotatable bonds is 7. The molecule has 2 aromatic carbocycles. The highest BCUT2D eigenvalue weighted by molar-refractivity contribution is 6.31. The number of amides is 1. The third kappa shape index (κ3) is 5.57. The van der Waals surface area contributed by atoms with E-state index in [1.807, 2.05) is 48.5 Å². The van der Waals surface area contributed by atoms with Crippen molar-refractivity contribution in [1.29, 1.82) is 5.26 Å². The lowest BCUT2D eigenvalue weighted by Gasteiger charge is -2.38. The fourth-order valence-electron chi connectivity index (χ4n) is 3.76. The Kier molecular flexibility index (Phi) is 7.65. The number of carbonyl (C=O) groups excluding carboxylic acids is 1. The largest absolute Gasteiger partial charge is 0.310 e. The van der Waals surface area contributed by atoms with Crippen LogP contribution in [0.2, 0.25) is 5.02 Å². The highest BCUT2D eigenvalue weighted by Crippen LogP contribution is 2.27. The maximum atomic E-state index is 12.9. The van der Waals surface area contributed by atoms with Gasteiger partial charge in [-0.2, -0.15) is 5.26 Å². The second kappa shape index (κ2) is 10.4. The van der Waals surface area contributed by atoms with Crippen molar-refractivity contribution in [3.8, 4) is 6.07 Å². The normalized spacial score (nSPS) is 16.2. The number of nitriles is 1. The van der Waals surface area contributed by atoms with Crippen LogP contribution in [0.3, 0.4) is 0 Å². The van der Waals surface area contributed by atoms with Gasteiger partial charge >= 0.3 is 0 Å². The summed E-state index contributed by atoms with van der Waals surface area (Å²) in [4.78, 5) is 19.3. The van der Waals surface area contributed by atoms with Crippen LogP contribution in [-0.2, 0) is 4.79 Å². The van der Waals surface area contributed by atoms with E-state index in [9.17, 15) is 4.79 Å². The number of para-hydroxylation sites is 1. The van der Waals surface area contributed by atoms with E-state index < -0.39 is 0 Å². The van der Waals surface area contributed by atoms with Gasteiger partial charge in [-0.3, -0.25) is 14.6 Å². The van der Waals surface area contributed by atoms with Crippen LogP contribution >= 0.6 is 11.6 Å². The van der Waals surface area contributed by atoms with Gasteiger partial charge in [-0.1, -0.05) is 48.0 Å². The minimum absolute atomic E-state index is 0.0408. The molecule has 2 aromatic rings. The van der Waals surface area contributed by atoms with Gasteiger partial charge in [0, 0.05) is 49.5 Å². The number of hydrogen-bond donors (Lipinski definition) is 0. The molecule has 0 spiro atoms. The van der Waals surface area contributed by atoms with Crippen LogP contribution in [0.4, 0.5) is 5.69 Å². The first-order valence-corrected chi connectivity index (χ1v) is 10.4. The van der Waals surface area contributed by atoms with Crippen LogP contribution in [0.5, 0.6) is 0 Å². The summed E-state index contributed by atoms with van der Waals surface area (Å²) in [5.41, 5.74) is 1.99. The Morgan fingerprint density at radius 2 is 1.76 bits per heavy atom. The van der Waals surface area contributed by atoms with Crippen LogP contribution in [0.25, 0.3) is 0 Å². The van der Waals surface area contributed by atoms with E-state index in [-0.39, 0.29) is 11.9 Å². The number of anilines is 1. The van der Waals surface area contributed by atoms with E-state index >= 15 is 0 Å². The molecule has 1 fully saturated rings. The summed E-state index contributed by atoms with van der Waals surface area (Å²) in [5, 5.41) is 9.75. The van der Waals surface area contributed by atoms with Gasteiger partial charge in [0.05, 0.1) is 19.0 Å². The molecule has 0 aliphatic carbocycles. The number of piperazine rings is 1. The van der Waals surface area contributed by atoms with Gasteiger partial charge in [0.2, 0.25) is 5.91 Å². The Hall–Kier alpha value is -2.39. The van der Waals surface area contributed by atoms with Gasteiger partial charge in [0.15, 0.2) is 0 Å². The molecule has 5 nitrogen and oxygen atoms in total. The SMILES string of the molecule is CC(c1ccccc1Cl)N1CCN(CC(=O)N(CCC#N)c2ccccc2)CC1. The van der Waals surface area contributed by atoms with E-state index in [1.54, 1.807) is 4.90 Å². The van der Waals surface area contributed by atoms with Gasteiger partial charge in [-0.15, -0.1) is 0 Å². The zero-order valence-corrected chi connectivity index (χ0v) is 17.6. The molecule has 6 heteroatoms. The molecule has 1 saturated heterocycles. The third-order valence-corrected chi connectivity index (χ3v) is 5.83. The minimum atomic E-state index is 0.0408. The Balaban J connectivity index is 1.57. The Morgan fingerprint density at radius 1 is 1.10 bits per heavy atom. The van der Waals surface area contributed by atoms with Crippen molar-refractivity contribution < 1.29 is 4.79 Å². The summed E-state index contributed by atoms with van der Waals surface area (Å²) in [6, 6.07) is 20.0. The minimum Gasteiger partial charge on any atom is -0.310 e. The third-order valence-electron chi connectivity index (χ3n) is 5.48. The summed E-state index contributed by atoms with van der Waals surface area (Å²) >= 11 is 6.36. The number of nitrogens with zero attached hydrogens (tertiary/aromatic N) is 4. The molecule has 0 N–H and O–H groups in total. The van der Waals surface area contributed by atoms with Crippen molar-refractivity contribution in [2.24, 2.45) is 0 Å². The average molecular weight is 411 g/mol. The van der Waals surface area contributed by atoms with Gasteiger partial charge < -0.3 is 4.90 Å². The Labute approximate surface area is 178 Å². The molecule has 1 atom stereocenters. The smallest absolute Gasteiger partial charge is 0.241 e. The van der Waals surface area contributed by atoms with Crippen LogP contribution in [0.1, 0.15) is 24.9 Å². The van der Waals surface area contributed by atoms with Crippen molar-refractivity contribution in [1.82, 2.24) is 9.80 Å². The first-order chi connectivity index (χ1) is 14.1. The van der Waals surface area contributed by atoms with E-state index in [0.29, 0.717) is 19.5 Å². The molecule has 3 rings (SSSR count). The van der Waals surface area contributed by atoms with Crippen LogP contribution in [0.15, 0.2) is 54.6 Å². The molecular weight excluding hydrogens is 384 g/mol. The molecule has 1 aliphatic heterocycles. The Bertz CT molecular complexity index is 843. The molecule has 1 aliphatic rings. The zero-order valence-electron chi connectivity index (χ0n) is 16.8. The molecule has 0 aromatic heterocycles. The van der Waals surface area contributed by atoms with E-state index in [2.05, 4.69) is 28.9 Å². The summed E-state index contributed by atoms with van der Waals surface area (Å²) in [6.07, 6.45) is 0.323. The van der Waals surface area contributed by atoms with Crippen molar-refractivity contribution >= 4 is 23.2 Å². The number of benzene rings is 2. The predicted molar refractivity (Wildman–Crippen MR) is 117 cm³/mol. The quantitative estimate of drug-likeness (QED) is 0.693. The second-order valence-electron chi connectivity index (χ2n) is 7.30. The zero-order chi connectivity index (χ0) is 20.6. The van der Waals surface area contributed by atoms with Gasteiger partial charge in [0.25, 0.3) is 0 Å². The topological polar surface area (TPSA) is 50.6 Å². The maximum Gasteiger partial charge on any atom is 0.241 e. The van der Waals surface area contributed by atoms with Crippen molar-refractivity contribution in [2.45, 2.75) is 19.4 Å². The van der Waals surface area contributed by atoms with Crippen LogP contribution < -0.4 is 4.90 Å². The maximum absolute atomic E-state index is 12.9. The molecular formula is C23H27ClN4O. The van der Waals surface area contributed by atoms with Crippen molar-refractivity contribution in [2.75, 3.05) is 44.2 Å². The lowest BCUT2D eigenvalue weighted by atomic mass is 10.1. The molecule has 1 amide bonds. The molecule has 0 radical (unpaired) electrons. The highest BCUT2D eigenvalue weighted by Gasteiger charge is 2.25. The highest BCUT2D eigenvalue weighted by atomic mass is 35.5. The van der Waals surface area contributed by atoms with E-state index in [1.165, 1.54) is 0 Å². The van der Waals surface area contributed by atoms with Gasteiger partial charge in [-0.25, -0.2) is 0 Å². The van der Waals surface area contributed by atoms with Crippen LogP contribution in [0, 0.1) is 11.3 Å². The number of halogens is 1. The lowest BCUT2D eigenvalue weighted by Crippen LogP contribution is -2.50. The fraction of sp³-hybridized carbons (Fsp3) is 0.391. The fourth-order valence-corrected chi connectivity index (χ4v) is 4.06. The molecule has 1 heterocycles. The number of carbonyl (C=O) groups is 1. The van der Waals surface area contributed by atoms with E-state index in [4.69, 9.17) is 16.9 Å².